The highest BCUT2D eigenvalue weighted by Gasteiger charge is 2.21. The Hall–Kier alpha value is -3.39. The molecule has 0 aliphatic carbocycles. The van der Waals surface area contributed by atoms with Crippen molar-refractivity contribution < 1.29 is 14.3 Å². The molecule has 0 saturated carbocycles. The Morgan fingerprint density at radius 3 is 2.55 bits per heavy atom. The van der Waals surface area contributed by atoms with Gasteiger partial charge in [0, 0.05) is 23.4 Å². The van der Waals surface area contributed by atoms with E-state index in [1.165, 1.54) is 11.8 Å². The second-order valence-electron chi connectivity index (χ2n) is 7.40. The molecule has 1 amide bonds. The number of benzene rings is 2. The Labute approximate surface area is 197 Å². The number of anilines is 1. The van der Waals surface area contributed by atoms with Gasteiger partial charge in [0.25, 0.3) is 5.56 Å². The van der Waals surface area contributed by atoms with E-state index in [0.717, 1.165) is 5.56 Å². The zero-order valence-electron chi connectivity index (χ0n) is 18.9. The summed E-state index contributed by atoms with van der Waals surface area (Å²) >= 11 is 1.21. The Morgan fingerprint density at radius 2 is 1.88 bits per heavy atom. The summed E-state index contributed by atoms with van der Waals surface area (Å²) in [5, 5.41) is 2.76. The van der Waals surface area contributed by atoms with Crippen molar-refractivity contribution in [2.24, 2.45) is 0 Å². The number of aromatic amines is 1. The first-order chi connectivity index (χ1) is 15.9. The van der Waals surface area contributed by atoms with Crippen LogP contribution in [-0.4, -0.2) is 33.7 Å². The summed E-state index contributed by atoms with van der Waals surface area (Å²) in [4.78, 5) is 44.8. The van der Waals surface area contributed by atoms with Gasteiger partial charge in [-0.1, -0.05) is 55.1 Å². The molecule has 0 spiro atoms. The summed E-state index contributed by atoms with van der Waals surface area (Å²) in [6.07, 6.45) is 1.02. The van der Waals surface area contributed by atoms with Gasteiger partial charge < -0.3 is 15.0 Å². The van der Waals surface area contributed by atoms with Crippen molar-refractivity contribution in [3.8, 4) is 0 Å². The number of rotatable bonds is 9. The van der Waals surface area contributed by atoms with Crippen molar-refractivity contribution in [1.82, 2.24) is 9.97 Å². The van der Waals surface area contributed by atoms with Gasteiger partial charge in [-0.05, 0) is 44.0 Å². The summed E-state index contributed by atoms with van der Waals surface area (Å²) < 4.78 is 5.01. The van der Waals surface area contributed by atoms with Crippen LogP contribution < -0.4 is 10.9 Å². The second-order valence-corrected chi connectivity index (χ2v) is 8.59. The van der Waals surface area contributed by atoms with E-state index in [1.54, 1.807) is 38.1 Å². The number of carbonyl (C=O) groups is 2. The van der Waals surface area contributed by atoms with Crippen LogP contribution in [0.5, 0.6) is 0 Å². The van der Waals surface area contributed by atoms with Gasteiger partial charge >= 0.3 is 5.97 Å². The van der Waals surface area contributed by atoms with Crippen molar-refractivity contribution in [3.05, 3.63) is 87.3 Å². The molecule has 0 aliphatic rings. The van der Waals surface area contributed by atoms with Crippen LogP contribution in [0, 0.1) is 6.92 Å². The predicted molar refractivity (Wildman–Crippen MR) is 130 cm³/mol. The van der Waals surface area contributed by atoms with Crippen LogP contribution in [0.2, 0.25) is 0 Å². The third kappa shape index (κ3) is 6.55. The number of hydrogen-bond acceptors (Lipinski definition) is 6. The maximum Gasteiger partial charge on any atom is 0.338 e. The smallest absolute Gasteiger partial charge is 0.338 e. The molecule has 3 aromatic rings. The minimum Gasteiger partial charge on any atom is -0.462 e. The molecule has 2 aromatic carbocycles. The zero-order valence-corrected chi connectivity index (χ0v) is 19.7. The Balaban J connectivity index is 1.71. The van der Waals surface area contributed by atoms with Gasteiger partial charge in [0.1, 0.15) is 0 Å². The van der Waals surface area contributed by atoms with Gasteiger partial charge in [0.15, 0.2) is 5.16 Å². The first kappa shape index (κ1) is 24.3. The summed E-state index contributed by atoms with van der Waals surface area (Å²) in [6, 6.07) is 16.3. The highest BCUT2D eigenvalue weighted by Crippen LogP contribution is 2.24. The molecule has 0 aliphatic heterocycles. The van der Waals surface area contributed by atoms with E-state index >= 15 is 0 Å². The number of aromatic nitrogens is 2. The number of nitrogens with one attached hydrogen (secondary N) is 2. The molecular formula is C25H27N3O4S. The van der Waals surface area contributed by atoms with E-state index in [2.05, 4.69) is 15.3 Å². The molecule has 1 unspecified atom stereocenters. The number of nitrogens with zero attached hydrogens (tertiary/aromatic N) is 1. The maximum atomic E-state index is 12.9. The molecular weight excluding hydrogens is 438 g/mol. The van der Waals surface area contributed by atoms with Gasteiger partial charge in [-0.25, -0.2) is 9.78 Å². The van der Waals surface area contributed by atoms with E-state index in [-0.39, 0.29) is 18.1 Å². The standard InChI is InChI=1S/C25H27N3O4S/c1-4-21(23(30)27-19-13-9-12-18(15-19)24(31)32-5-2)33-25-26-16(3)20(22(29)28-25)14-17-10-7-6-8-11-17/h6-13,15,21H,4-5,14H2,1-3H3,(H,27,30)(H,26,28,29). The largest absolute Gasteiger partial charge is 0.462 e. The molecule has 0 saturated heterocycles. The van der Waals surface area contributed by atoms with Crippen LogP contribution in [0.25, 0.3) is 0 Å². The van der Waals surface area contributed by atoms with Gasteiger partial charge in [-0.2, -0.15) is 0 Å². The Kier molecular flexibility index (Phi) is 8.43. The molecule has 172 valence electrons. The van der Waals surface area contributed by atoms with E-state index in [4.69, 9.17) is 4.74 Å². The number of esters is 1. The normalized spacial score (nSPS) is 11.6. The molecule has 0 fully saturated rings. The third-order valence-corrected chi connectivity index (χ3v) is 6.23. The lowest BCUT2D eigenvalue weighted by Gasteiger charge is -2.15. The predicted octanol–water partition coefficient (Wildman–Crippen LogP) is 4.36. The average molecular weight is 466 g/mol. The highest BCUT2D eigenvalue weighted by molar-refractivity contribution is 8.00. The van der Waals surface area contributed by atoms with Crippen molar-refractivity contribution in [2.75, 3.05) is 11.9 Å². The van der Waals surface area contributed by atoms with Gasteiger partial charge in [-0.15, -0.1) is 0 Å². The first-order valence-electron chi connectivity index (χ1n) is 10.8. The van der Waals surface area contributed by atoms with Crippen molar-refractivity contribution in [1.29, 1.82) is 0 Å². The first-order valence-corrected chi connectivity index (χ1v) is 11.7. The summed E-state index contributed by atoms with van der Waals surface area (Å²) in [6.45, 7) is 5.71. The van der Waals surface area contributed by atoms with Crippen LogP contribution >= 0.6 is 11.8 Å². The van der Waals surface area contributed by atoms with Gasteiger partial charge in [-0.3, -0.25) is 9.59 Å². The lowest BCUT2D eigenvalue weighted by atomic mass is 10.1. The maximum absolute atomic E-state index is 12.9. The fourth-order valence-corrected chi connectivity index (χ4v) is 4.21. The molecule has 2 N–H and O–H groups in total. The number of carbonyl (C=O) groups excluding carboxylic acids is 2. The van der Waals surface area contributed by atoms with Crippen LogP contribution in [-0.2, 0) is 16.0 Å². The summed E-state index contributed by atoms with van der Waals surface area (Å²) in [7, 11) is 0. The lowest BCUT2D eigenvalue weighted by Crippen LogP contribution is -2.26. The van der Waals surface area contributed by atoms with Crippen molar-refractivity contribution in [2.45, 2.75) is 44.0 Å². The zero-order chi connectivity index (χ0) is 23.8. The van der Waals surface area contributed by atoms with E-state index in [9.17, 15) is 14.4 Å². The Morgan fingerprint density at radius 1 is 1.12 bits per heavy atom. The number of H-pyrrole nitrogens is 1. The van der Waals surface area contributed by atoms with Gasteiger partial charge in [0.2, 0.25) is 5.91 Å². The monoisotopic (exact) mass is 465 g/mol. The van der Waals surface area contributed by atoms with Crippen LogP contribution in [0.1, 0.15) is 47.4 Å². The SMILES string of the molecule is CCOC(=O)c1cccc(NC(=O)C(CC)Sc2nc(C)c(Cc3ccccc3)c(=O)[nH]2)c1. The molecule has 7 nitrogen and oxygen atoms in total. The van der Waals surface area contributed by atoms with Crippen molar-refractivity contribution >= 4 is 29.3 Å². The number of amides is 1. The minimum absolute atomic E-state index is 0.203. The molecule has 33 heavy (non-hydrogen) atoms. The molecule has 0 radical (unpaired) electrons. The van der Waals surface area contributed by atoms with Crippen LogP contribution in [0.4, 0.5) is 5.69 Å². The van der Waals surface area contributed by atoms with Crippen molar-refractivity contribution in [3.63, 3.8) is 0 Å². The number of thioether (sulfide) groups is 1. The van der Waals surface area contributed by atoms with Crippen LogP contribution in [0.15, 0.2) is 64.5 Å². The topological polar surface area (TPSA) is 101 Å². The number of aryl methyl sites for hydroxylation is 1. The average Bonchev–Trinajstić information content (AvgIpc) is 2.81. The highest BCUT2D eigenvalue weighted by atomic mass is 32.2. The third-order valence-electron chi connectivity index (χ3n) is 4.98. The molecule has 3 rings (SSSR count). The fraction of sp³-hybridized carbons (Fsp3) is 0.280. The van der Waals surface area contributed by atoms with E-state index < -0.39 is 11.2 Å². The number of hydrogen-bond donors (Lipinski definition) is 2. The molecule has 8 heteroatoms. The van der Waals surface area contributed by atoms with E-state index in [1.807, 2.05) is 37.3 Å². The molecule has 1 heterocycles. The fourth-order valence-electron chi connectivity index (χ4n) is 3.27. The molecule has 1 atom stereocenters. The lowest BCUT2D eigenvalue weighted by molar-refractivity contribution is -0.115. The minimum atomic E-state index is -0.473. The number of ether oxygens (including phenoxy) is 1. The molecule has 1 aromatic heterocycles. The van der Waals surface area contributed by atoms with Crippen LogP contribution in [0.3, 0.4) is 0 Å². The quantitative estimate of drug-likeness (QED) is 0.277. The molecule has 0 bridgehead atoms. The second kappa shape index (κ2) is 11.5. The van der Waals surface area contributed by atoms with E-state index in [0.29, 0.717) is 40.5 Å². The Bertz CT molecular complexity index is 1180. The summed E-state index contributed by atoms with van der Waals surface area (Å²) in [5.74, 6) is -0.681. The van der Waals surface area contributed by atoms with Gasteiger partial charge in [0.05, 0.1) is 17.4 Å². The summed E-state index contributed by atoms with van der Waals surface area (Å²) in [5.41, 5.74) is 2.95.